The normalized spacial score (nSPS) is 11.7. The third-order valence-corrected chi connectivity index (χ3v) is 6.54. The maximum Gasteiger partial charge on any atom is 0.255 e. The van der Waals surface area contributed by atoms with Crippen molar-refractivity contribution in [3.63, 3.8) is 0 Å². The monoisotopic (exact) mass is 455 g/mol. The van der Waals surface area contributed by atoms with E-state index in [-0.39, 0.29) is 18.0 Å². The van der Waals surface area contributed by atoms with Crippen LogP contribution in [0.3, 0.4) is 0 Å². The number of hydrazone groups is 1. The van der Waals surface area contributed by atoms with Crippen LogP contribution in [0.25, 0.3) is 0 Å². The number of hydrogen-bond acceptors (Lipinski definition) is 4. The summed E-state index contributed by atoms with van der Waals surface area (Å²) in [4.78, 5) is 12.6. The number of carbonyl (C=O) groups excluding carboxylic acids is 1. The molecule has 1 amide bonds. The summed E-state index contributed by atoms with van der Waals surface area (Å²) in [5.74, 6) is -0.536. The van der Waals surface area contributed by atoms with Crippen LogP contribution >= 0.6 is 11.6 Å². The van der Waals surface area contributed by atoms with Crippen molar-refractivity contribution in [3.05, 3.63) is 101 Å². The van der Waals surface area contributed by atoms with Gasteiger partial charge in [-0.05, 0) is 41.8 Å². The van der Waals surface area contributed by atoms with Crippen molar-refractivity contribution in [3.8, 4) is 0 Å². The molecule has 0 saturated heterocycles. The molecule has 31 heavy (non-hydrogen) atoms. The highest BCUT2D eigenvalue weighted by atomic mass is 35.5. The number of hydrogen-bond donors (Lipinski definition) is 1. The van der Waals surface area contributed by atoms with Crippen molar-refractivity contribution in [1.82, 2.24) is 9.73 Å². The Morgan fingerprint density at radius 2 is 1.65 bits per heavy atom. The van der Waals surface area contributed by atoms with Gasteiger partial charge in [0.2, 0.25) is 10.0 Å². The number of rotatable bonds is 9. The Hall–Kier alpha value is -3.00. The Labute approximate surface area is 187 Å². The van der Waals surface area contributed by atoms with Gasteiger partial charge in [0, 0.05) is 11.6 Å². The molecule has 0 radical (unpaired) electrons. The second-order valence-electron chi connectivity index (χ2n) is 6.74. The van der Waals surface area contributed by atoms with Gasteiger partial charge >= 0.3 is 0 Å². The number of benzene rings is 3. The van der Waals surface area contributed by atoms with Crippen molar-refractivity contribution in [2.45, 2.75) is 11.3 Å². The molecule has 1 N–H and O–H groups in total. The standard InChI is InChI=1S/C23H22ClN3O3S/c24-21-11-7-10-20(16-21)17-25-26-23(28)18-27(15-14-19-8-3-1-4-9-19)31(29,30)22-12-5-2-6-13-22/h1-13,16-17H,14-15,18H2,(H,26,28)/b25-17+. The van der Waals surface area contributed by atoms with Crippen molar-refractivity contribution in [1.29, 1.82) is 0 Å². The molecule has 0 aromatic heterocycles. The lowest BCUT2D eigenvalue weighted by Gasteiger charge is -2.21. The van der Waals surface area contributed by atoms with E-state index in [1.165, 1.54) is 22.7 Å². The van der Waals surface area contributed by atoms with Crippen LogP contribution in [-0.4, -0.2) is 37.9 Å². The first kappa shape index (κ1) is 22.7. The van der Waals surface area contributed by atoms with Gasteiger partial charge in [0.05, 0.1) is 17.7 Å². The third kappa shape index (κ3) is 6.75. The summed E-state index contributed by atoms with van der Waals surface area (Å²) in [5, 5.41) is 4.46. The van der Waals surface area contributed by atoms with E-state index in [2.05, 4.69) is 10.5 Å². The molecule has 0 fully saturated rings. The van der Waals surface area contributed by atoms with Crippen LogP contribution in [0.4, 0.5) is 0 Å². The van der Waals surface area contributed by atoms with E-state index in [0.29, 0.717) is 17.0 Å². The van der Waals surface area contributed by atoms with Gasteiger partial charge in [-0.15, -0.1) is 0 Å². The van der Waals surface area contributed by atoms with Crippen molar-refractivity contribution in [2.24, 2.45) is 5.10 Å². The minimum atomic E-state index is -3.85. The molecule has 8 heteroatoms. The lowest BCUT2D eigenvalue weighted by atomic mass is 10.1. The van der Waals surface area contributed by atoms with E-state index < -0.39 is 15.9 Å². The summed E-state index contributed by atoms with van der Waals surface area (Å²) >= 11 is 5.93. The van der Waals surface area contributed by atoms with E-state index in [1.54, 1.807) is 42.5 Å². The molecule has 0 aliphatic rings. The lowest BCUT2D eigenvalue weighted by molar-refractivity contribution is -0.121. The van der Waals surface area contributed by atoms with Crippen LogP contribution in [0.15, 0.2) is 94.9 Å². The quantitative estimate of drug-likeness (QED) is 0.394. The molecule has 3 aromatic carbocycles. The highest BCUT2D eigenvalue weighted by Gasteiger charge is 2.26. The Balaban J connectivity index is 1.71. The SMILES string of the molecule is O=C(CN(CCc1ccccc1)S(=O)(=O)c1ccccc1)N/N=C/c1cccc(Cl)c1. The molecule has 160 valence electrons. The van der Waals surface area contributed by atoms with Crippen molar-refractivity contribution >= 4 is 33.7 Å². The summed E-state index contributed by atoms with van der Waals surface area (Å²) in [6, 6.07) is 24.6. The Kier molecular flexibility index (Phi) is 7.94. The maximum absolute atomic E-state index is 13.1. The number of carbonyl (C=O) groups is 1. The topological polar surface area (TPSA) is 78.8 Å². The molecular formula is C23H22ClN3O3S. The molecule has 0 atom stereocenters. The fraction of sp³-hybridized carbons (Fsp3) is 0.130. The van der Waals surface area contributed by atoms with E-state index in [9.17, 15) is 13.2 Å². The van der Waals surface area contributed by atoms with Gasteiger partial charge in [0.25, 0.3) is 5.91 Å². The maximum atomic E-state index is 13.1. The average Bonchev–Trinajstić information content (AvgIpc) is 2.78. The van der Waals surface area contributed by atoms with Gasteiger partial charge in [-0.2, -0.15) is 9.41 Å². The third-order valence-electron chi connectivity index (χ3n) is 4.45. The van der Waals surface area contributed by atoms with Crippen LogP contribution in [-0.2, 0) is 21.2 Å². The summed E-state index contributed by atoms with van der Waals surface area (Å²) in [6.45, 7) is -0.191. The molecule has 0 spiro atoms. The Bertz CT molecular complexity index is 1140. The van der Waals surface area contributed by atoms with Gasteiger partial charge < -0.3 is 0 Å². The minimum Gasteiger partial charge on any atom is -0.272 e. The summed E-state index contributed by atoms with van der Waals surface area (Å²) in [7, 11) is -3.85. The molecule has 3 rings (SSSR count). The number of halogens is 1. The number of nitrogens with one attached hydrogen (secondary N) is 1. The molecular weight excluding hydrogens is 434 g/mol. The molecule has 0 unspecified atom stereocenters. The first-order chi connectivity index (χ1) is 14.9. The zero-order valence-corrected chi connectivity index (χ0v) is 18.3. The molecule has 6 nitrogen and oxygen atoms in total. The van der Waals surface area contributed by atoms with Gasteiger partial charge in [-0.1, -0.05) is 72.3 Å². The van der Waals surface area contributed by atoms with Gasteiger partial charge in [-0.3, -0.25) is 4.79 Å². The molecule has 0 aliphatic heterocycles. The van der Waals surface area contributed by atoms with E-state index in [1.807, 2.05) is 30.3 Å². The van der Waals surface area contributed by atoms with Crippen LogP contribution in [0, 0.1) is 0 Å². The van der Waals surface area contributed by atoms with E-state index in [4.69, 9.17) is 11.6 Å². The smallest absolute Gasteiger partial charge is 0.255 e. The molecule has 0 bridgehead atoms. The second-order valence-corrected chi connectivity index (χ2v) is 9.11. The van der Waals surface area contributed by atoms with Crippen molar-refractivity contribution in [2.75, 3.05) is 13.1 Å². The predicted octanol–water partition coefficient (Wildman–Crippen LogP) is 3.72. The van der Waals surface area contributed by atoms with E-state index >= 15 is 0 Å². The van der Waals surface area contributed by atoms with Gasteiger partial charge in [-0.25, -0.2) is 13.8 Å². The lowest BCUT2D eigenvalue weighted by Crippen LogP contribution is -2.40. The number of sulfonamides is 1. The zero-order valence-electron chi connectivity index (χ0n) is 16.7. The Morgan fingerprint density at radius 1 is 0.968 bits per heavy atom. The van der Waals surface area contributed by atoms with Crippen LogP contribution in [0.5, 0.6) is 0 Å². The van der Waals surface area contributed by atoms with Crippen molar-refractivity contribution < 1.29 is 13.2 Å². The predicted molar refractivity (Wildman–Crippen MR) is 123 cm³/mol. The van der Waals surface area contributed by atoms with Gasteiger partial charge in [0.1, 0.15) is 0 Å². The number of amides is 1. The fourth-order valence-corrected chi connectivity index (χ4v) is 4.50. The van der Waals surface area contributed by atoms with Gasteiger partial charge in [0.15, 0.2) is 0 Å². The average molecular weight is 456 g/mol. The minimum absolute atomic E-state index is 0.137. The summed E-state index contributed by atoms with van der Waals surface area (Å²) in [6.07, 6.45) is 1.93. The molecule has 3 aromatic rings. The molecule has 0 heterocycles. The summed E-state index contributed by atoms with van der Waals surface area (Å²) in [5.41, 5.74) is 4.08. The largest absolute Gasteiger partial charge is 0.272 e. The van der Waals surface area contributed by atoms with Crippen LogP contribution < -0.4 is 5.43 Å². The van der Waals surface area contributed by atoms with E-state index in [0.717, 1.165) is 5.56 Å². The molecule has 0 saturated carbocycles. The number of nitrogens with zero attached hydrogens (tertiary/aromatic N) is 2. The Morgan fingerprint density at radius 3 is 2.32 bits per heavy atom. The first-order valence-corrected chi connectivity index (χ1v) is 11.4. The summed E-state index contributed by atoms with van der Waals surface area (Å²) < 4.78 is 27.4. The zero-order chi connectivity index (χ0) is 22.1. The van der Waals surface area contributed by atoms with Crippen LogP contribution in [0.2, 0.25) is 5.02 Å². The highest BCUT2D eigenvalue weighted by molar-refractivity contribution is 7.89. The second kappa shape index (κ2) is 10.9. The fourth-order valence-electron chi connectivity index (χ4n) is 2.89. The first-order valence-electron chi connectivity index (χ1n) is 9.62. The van der Waals surface area contributed by atoms with Crippen LogP contribution in [0.1, 0.15) is 11.1 Å². The highest BCUT2D eigenvalue weighted by Crippen LogP contribution is 2.16. The molecule has 0 aliphatic carbocycles.